The van der Waals surface area contributed by atoms with Crippen LogP contribution in [0.15, 0.2) is 60.7 Å². The zero-order valence-corrected chi connectivity index (χ0v) is 25.8. The Bertz CT molecular complexity index is 1130. The first-order valence-corrected chi connectivity index (χ1v) is 15.2. The first-order valence-electron chi connectivity index (χ1n) is 15.2. The average molecular weight is 580 g/mol. The van der Waals surface area contributed by atoms with Gasteiger partial charge in [0.05, 0.1) is 12.1 Å². The van der Waals surface area contributed by atoms with Gasteiger partial charge in [-0.15, -0.1) is 0 Å². The van der Waals surface area contributed by atoms with E-state index in [4.69, 9.17) is 4.74 Å². The summed E-state index contributed by atoms with van der Waals surface area (Å²) in [6, 6.07) is 17.6. The summed E-state index contributed by atoms with van der Waals surface area (Å²) in [6.07, 6.45) is 2.91. The van der Waals surface area contributed by atoms with Gasteiger partial charge in [-0.05, 0) is 69.4 Å². The minimum absolute atomic E-state index is 0.0123. The van der Waals surface area contributed by atoms with Gasteiger partial charge >= 0.3 is 6.09 Å². The second kappa shape index (κ2) is 15.7. The third-order valence-electron chi connectivity index (χ3n) is 7.81. The van der Waals surface area contributed by atoms with E-state index < -0.39 is 24.3 Å². The summed E-state index contributed by atoms with van der Waals surface area (Å²) >= 11 is 0. The van der Waals surface area contributed by atoms with E-state index in [2.05, 4.69) is 16.0 Å². The van der Waals surface area contributed by atoms with Crippen molar-refractivity contribution in [1.82, 2.24) is 16.0 Å². The summed E-state index contributed by atoms with van der Waals surface area (Å²) in [5, 5.41) is 20.4. The number of benzene rings is 2. The standard InChI is InChI=1S/C34H49N3O5/c1-23(2)30(36-33(41)42-22-25-16-10-7-11-17-25)32(40)35-28(20-24-14-8-6-9-15-24)29(38)21-26-18-12-13-19-27(26)31(39)37-34(3,4)5/h6-11,14-17,23,26-30,38H,12-13,18-22H2,1-5H3,(H,35,40)(H,36,41)(H,37,39)/t26-,27+,28-,29+,30-/m0/s1. The predicted octanol–water partition coefficient (Wildman–Crippen LogP) is 5.14. The van der Waals surface area contributed by atoms with Crippen LogP contribution in [0.5, 0.6) is 0 Å². The number of amides is 3. The number of aliphatic hydroxyl groups is 1. The second-order valence-corrected chi connectivity index (χ2v) is 12.9. The number of ether oxygens (including phenoxy) is 1. The highest BCUT2D eigenvalue weighted by atomic mass is 16.5. The molecular weight excluding hydrogens is 530 g/mol. The van der Waals surface area contributed by atoms with Crippen LogP contribution in [0.4, 0.5) is 4.79 Å². The van der Waals surface area contributed by atoms with Crippen LogP contribution in [0.25, 0.3) is 0 Å². The van der Waals surface area contributed by atoms with Gasteiger partial charge in [0.15, 0.2) is 0 Å². The fraction of sp³-hybridized carbons (Fsp3) is 0.559. The summed E-state index contributed by atoms with van der Waals surface area (Å²) in [5.74, 6) is -0.732. The Morgan fingerprint density at radius 1 is 0.905 bits per heavy atom. The lowest BCUT2D eigenvalue weighted by molar-refractivity contribution is -0.130. The summed E-state index contributed by atoms with van der Waals surface area (Å²) in [7, 11) is 0. The molecule has 1 aliphatic carbocycles. The summed E-state index contributed by atoms with van der Waals surface area (Å²) < 4.78 is 5.36. The number of aliphatic hydroxyl groups excluding tert-OH is 1. The highest BCUT2D eigenvalue weighted by Crippen LogP contribution is 2.34. The number of alkyl carbamates (subject to hydrolysis) is 1. The van der Waals surface area contributed by atoms with Gasteiger partial charge in [-0.2, -0.15) is 0 Å². The first kappa shape index (κ1) is 33.1. The Kier molecular flexibility index (Phi) is 12.4. The van der Waals surface area contributed by atoms with Crippen LogP contribution in [0.1, 0.15) is 77.8 Å². The number of hydrogen-bond acceptors (Lipinski definition) is 5. The molecule has 0 spiro atoms. The summed E-state index contributed by atoms with van der Waals surface area (Å²) in [6.45, 7) is 9.72. The van der Waals surface area contributed by atoms with E-state index in [0.29, 0.717) is 12.8 Å². The Hall–Kier alpha value is -3.39. The molecule has 1 fully saturated rings. The van der Waals surface area contributed by atoms with E-state index in [9.17, 15) is 19.5 Å². The molecule has 1 aliphatic rings. The molecule has 2 aromatic rings. The van der Waals surface area contributed by atoms with Gasteiger partial charge in [0, 0.05) is 11.5 Å². The van der Waals surface area contributed by atoms with Crippen molar-refractivity contribution in [2.24, 2.45) is 17.8 Å². The van der Waals surface area contributed by atoms with Crippen molar-refractivity contribution in [3.63, 3.8) is 0 Å². The topological polar surface area (TPSA) is 117 Å². The second-order valence-electron chi connectivity index (χ2n) is 12.9. The van der Waals surface area contributed by atoms with Crippen molar-refractivity contribution in [3.8, 4) is 0 Å². The lowest BCUT2D eigenvalue weighted by Gasteiger charge is -2.36. The van der Waals surface area contributed by atoms with Gasteiger partial charge in [0.2, 0.25) is 11.8 Å². The number of carbonyl (C=O) groups excluding carboxylic acids is 3. The molecule has 0 radical (unpaired) electrons. The molecule has 0 aromatic heterocycles. The third-order valence-corrected chi connectivity index (χ3v) is 7.81. The van der Waals surface area contributed by atoms with Crippen molar-refractivity contribution < 1.29 is 24.2 Å². The van der Waals surface area contributed by atoms with Crippen LogP contribution in [-0.2, 0) is 27.4 Å². The molecule has 0 heterocycles. The number of rotatable bonds is 12. The molecule has 0 aliphatic heterocycles. The van der Waals surface area contributed by atoms with Gasteiger partial charge in [0.25, 0.3) is 0 Å². The molecule has 8 nitrogen and oxygen atoms in total. The summed E-state index contributed by atoms with van der Waals surface area (Å²) in [5.41, 5.74) is 1.49. The number of carbonyl (C=O) groups is 3. The first-order chi connectivity index (χ1) is 19.9. The monoisotopic (exact) mass is 579 g/mol. The van der Waals surface area contributed by atoms with E-state index in [-0.39, 0.29) is 41.7 Å². The number of nitrogens with one attached hydrogen (secondary N) is 3. The van der Waals surface area contributed by atoms with Crippen LogP contribution >= 0.6 is 0 Å². The Morgan fingerprint density at radius 2 is 1.50 bits per heavy atom. The van der Waals surface area contributed by atoms with Crippen molar-refractivity contribution in [3.05, 3.63) is 71.8 Å². The van der Waals surface area contributed by atoms with Crippen molar-refractivity contribution >= 4 is 17.9 Å². The van der Waals surface area contributed by atoms with E-state index in [1.54, 1.807) is 0 Å². The van der Waals surface area contributed by atoms with Gasteiger partial charge in [-0.1, -0.05) is 87.4 Å². The Morgan fingerprint density at radius 3 is 2.10 bits per heavy atom. The van der Waals surface area contributed by atoms with Crippen LogP contribution < -0.4 is 16.0 Å². The van der Waals surface area contributed by atoms with E-state index in [0.717, 1.165) is 36.8 Å². The van der Waals surface area contributed by atoms with Crippen LogP contribution in [0, 0.1) is 17.8 Å². The average Bonchev–Trinajstić information content (AvgIpc) is 2.94. The molecular formula is C34H49N3O5. The van der Waals surface area contributed by atoms with Crippen molar-refractivity contribution in [2.75, 3.05) is 0 Å². The molecule has 0 bridgehead atoms. The van der Waals surface area contributed by atoms with E-state index >= 15 is 0 Å². The minimum atomic E-state index is -0.875. The van der Waals surface area contributed by atoms with Gasteiger partial charge in [-0.3, -0.25) is 9.59 Å². The normalized spacial score (nSPS) is 19.3. The maximum absolute atomic E-state index is 13.6. The molecule has 5 atom stereocenters. The highest BCUT2D eigenvalue weighted by Gasteiger charge is 2.36. The molecule has 0 saturated heterocycles. The summed E-state index contributed by atoms with van der Waals surface area (Å²) in [4.78, 5) is 39.3. The third kappa shape index (κ3) is 10.8. The molecule has 8 heteroatoms. The molecule has 4 N–H and O–H groups in total. The maximum atomic E-state index is 13.6. The lowest BCUT2D eigenvalue weighted by atomic mass is 9.74. The largest absolute Gasteiger partial charge is 0.445 e. The fourth-order valence-electron chi connectivity index (χ4n) is 5.62. The zero-order valence-electron chi connectivity index (χ0n) is 25.8. The molecule has 2 aromatic carbocycles. The molecule has 3 amide bonds. The van der Waals surface area contributed by atoms with Crippen LogP contribution in [0.2, 0.25) is 0 Å². The van der Waals surface area contributed by atoms with E-state index in [1.165, 1.54) is 0 Å². The van der Waals surface area contributed by atoms with E-state index in [1.807, 2.05) is 95.3 Å². The molecule has 230 valence electrons. The van der Waals surface area contributed by atoms with Gasteiger partial charge < -0.3 is 25.8 Å². The molecule has 0 unspecified atom stereocenters. The minimum Gasteiger partial charge on any atom is -0.445 e. The van der Waals surface area contributed by atoms with Crippen molar-refractivity contribution in [1.29, 1.82) is 0 Å². The predicted molar refractivity (Wildman–Crippen MR) is 164 cm³/mol. The van der Waals surface area contributed by atoms with Gasteiger partial charge in [-0.25, -0.2) is 4.79 Å². The smallest absolute Gasteiger partial charge is 0.408 e. The Balaban J connectivity index is 1.71. The molecule has 3 rings (SSSR count). The van der Waals surface area contributed by atoms with Gasteiger partial charge in [0.1, 0.15) is 12.6 Å². The zero-order chi connectivity index (χ0) is 30.7. The highest BCUT2D eigenvalue weighted by molar-refractivity contribution is 5.86. The lowest BCUT2D eigenvalue weighted by Crippen LogP contribution is -2.55. The Labute approximate surface area is 251 Å². The molecule has 1 saturated carbocycles. The SMILES string of the molecule is CC(C)[C@H](NC(=O)OCc1ccccc1)C(=O)N[C@@H](Cc1ccccc1)[C@H](O)C[C@@H]1CCCC[C@H]1C(=O)NC(C)(C)C. The molecule has 42 heavy (non-hydrogen) atoms. The van der Waals surface area contributed by atoms with Crippen LogP contribution in [-0.4, -0.2) is 46.7 Å². The quantitative estimate of drug-likeness (QED) is 0.278. The van der Waals surface area contributed by atoms with Crippen molar-refractivity contribution in [2.45, 2.75) is 103 Å². The fourth-order valence-corrected chi connectivity index (χ4v) is 5.62. The van der Waals surface area contributed by atoms with Crippen LogP contribution in [0.3, 0.4) is 0 Å². The maximum Gasteiger partial charge on any atom is 0.408 e. The number of hydrogen-bond donors (Lipinski definition) is 4.